The second-order valence-electron chi connectivity index (χ2n) is 7.34. The maximum Gasteiger partial charge on any atom is 0.270 e. The molecule has 150 valence electrons. The lowest BCUT2D eigenvalue weighted by atomic mass is 10.1. The fourth-order valence-corrected chi connectivity index (χ4v) is 3.37. The number of fused-ring (bicyclic) bond motifs is 1. The number of hydrogen-bond acceptors (Lipinski definition) is 5. The van der Waals surface area contributed by atoms with Gasteiger partial charge in [-0.05, 0) is 33.2 Å². The number of carbonyl (C=O) groups is 2. The van der Waals surface area contributed by atoms with Crippen LogP contribution in [0.3, 0.4) is 0 Å². The monoisotopic (exact) mass is 385 g/mol. The van der Waals surface area contributed by atoms with Crippen LogP contribution in [0, 0.1) is 0 Å². The highest BCUT2D eigenvalue weighted by atomic mass is 16.5. The molecular weight excluding hydrogens is 358 g/mol. The summed E-state index contributed by atoms with van der Waals surface area (Å²) in [6.45, 7) is 3.23. The Balaban J connectivity index is 1.79. The zero-order valence-electron chi connectivity index (χ0n) is 16.8. The van der Waals surface area contributed by atoms with E-state index in [2.05, 4.69) is 10.4 Å². The van der Waals surface area contributed by atoms with E-state index in [9.17, 15) is 9.59 Å². The van der Waals surface area contributed by atoms with Gasteiger partial charge < -0.3 is 19.9 Å². The number of nitrogens with one attached hydrogen (secondary N) is 1. The molecule has 2 amide bonds. The highest BCUT2D eigenvalue weighted by Gasteiger charge is 2.32. The van der Waals surface area contributed by atoms with Crippen molar-refractivity contribution in [3.05, 3.63) is 47.8 Å². The van der Waals surface area contributed by atoms with Crippen LogP contribution in [0.15, 0.2) is 36.5 Å². The average Bonchev–Trinajstić information content (AvgIpc) is 3.00. The van der Waals surface area contributed by atoms with Crippen molar-refractivity contribution in [3.8, 4) is 5.75 Å². The van der Waals surface area contributed by atoms with Crippen molar-refractivity contribution >= 4 is 11.8 Å². The molecule has 0 saturated heterocycles. The number of para-hydroxylation sites is 1. The molecule has 1 aliphatic rings. The molecule has 0 fully saturated rings. The normalized spacial score (nSPS) is 17.5. The molecular formula is C20H27N5O3. The average molecular weight is 385 g/mol. The predicted molar refractivity (Wildman–Crippen MR) is 105 cm³/mol. The molecule has 2 aromatic rings. The Hall–Kier alpha value is -2.87. The van der Waals surface area contributed by atoms with E-state index in [1.807, 2.05) is 43.3 Å². The van der Waals surface area contributed by atoms with Gasteiger partial charge in [-0.2, -0.15) is 5.10 Å². The minimum atomic E-state index is -0.669. The zero-order chi connectivity index (χ0) is 20.3. The van der Waals surface area contributed by atoms with Crippen molar-refractivity contribution in [3.63, 3.8) is 0 Å². The number of rotatable bonds is 5. The van der Waals surface area contributed by atoms with E-state index >= 15 is 0 Å². The number of nitrogens with zero attached hydrogens (tertiary/aromatic N) is 4. The van der Waals surface area contributed by atoms with Crippen molar-refractivity contribution < 1.29 is 14.3 Å². The fraction of sp³-hybridized carbons (Fsp3) is 0.450. The SMILES string of the molecule is CC(NC(=O)c1ccnn1C)C(=O)N1Cc2ccccc2OCC1CN(C)C. The highest BCUT2D eigenvalue weighted by molar-refractivity contribution is 5.96. The van der Waals surface area contributed by atoms with Gasteiger partial charge in [0.1, 0.15) is 24.1 Å². The van der Waals surface area contributed by atoms with Crippen LogP contribution in [-0.2, 0) is 18.4 Å². The molecule has 0 spiro atoms. The summed E-state index contributed by atoms with van der Waals surface area (Å²) >= 11 is 0. The van der Waals surface area contributed by atoms with Crippen LogP contribution < -0.4 is 10.1 Å². The summed E-state index contributed by atoms with van der Waals surface area (Å²) in [6.07, 6.45) is 1.55. The molecule has 1 aromatic carbocycles. The largest absolute Gasteiger partial charge is 0.491 e. The molecule has 0 bridgehead atoms. The topological polar surface area (TPSA) is 79.7 Å². The molecule has 3 rings (SSSR count). The van der Waals surface area contributed by atoms with Gasteiger partial charge in [-0.3, -0.25) is 14.3 Å². The third kappa shape index (κ3) is 4.33. The fourth-order valence-electron chi connectivity index (χ4n) is 3.37. The lowest BCUT2D eigenvalue weighted by molar-refractivity contribution is -0.136. The van der Waals surface area contributed by atoms with Gasteiger partial charge >= 0.3 is 0 Å². The van der Waals surface area contributed by atoms with E-state index in [0.717, 1.165) is 11.3 Å². The van der Waals surface area contributed by atoms with Gasteiger partial charge in [0.25, 0.3) is 5.91 Å². The third-order valence-electron chi connectivity index (χ3n) is 4.82. The lowest BCUT2D eigenvalue weighted by Gasteiger charge is -2.33. The molecule has 0 saturated carbocycles. The predicted octanol–water partition coefficient (Wildman–Crippen LogP) is 0.890. The first kappa shape index (κ1) is 19.9. The number of aryl methyl sites for hydroxylation is 1. The standard InChI is InChI=1S/C20H27N5O3/c1-14(22-19(26)17-9-10-21-24(17)4)20(27)25-11-15-7-5-6-8-18(15)28-13-16(25)12-23(2)3/h5-10,14,16H,11-13H2,1-4H3,(H,22,26). The first-order chi connectivity index (χ1) is 13.4. The van der Waals surface area contributed by atoms with Crippen LogP contribution in [0.5, 0.6) is 5.75 Å². The molecule has 8 nitrogen and oxygen atoms in total. The maximum absolute atomic E-state index is 13.3. The molecule has 1 aliphatic heterocycles. The first-order valence-electron chi connectivity index (χ1n) is 9.31. The summed E-state index contributed by atoms with van der Waals surface area (Å²) in [5, 5.41) is 6.79. The van der Waals surface area contributed by atoms with Crippen LogP contribution in [0.25, 0.3) is 0 Å². The zero-order valence-corrected chi connectivity index (χ0v) is 16.8. The van der Waals surface area contributed by atoms with E-state index in [-0.39, 0.29) is 17.9 Å². The van der Waals surface area contributed by atoms with Crippen molar-refractivity contribution in [2.24, 2.45) is 7.05 Å². The summed E-state index contributed by atoms with van der Waals surface area (Å²) in [5.41, 5.74) is 1.37. The Morgan fingerprint density at radius 3 is 2.75 bits per heavy atom. The molecule has 2 atom stereocenters. The molecule has 2 heterocycles. The Morgan fingerprint density at radius 1 is 1.32 bits per heavy atom. The Morgan fingerprint density at radius 2 is 2.07 bits per heavy atom. The molecule has 1 N–H and O–H groups in total. The number of carbonyl (C=O) groups excluding carboxylic acids is 2. The van der Waals surface area contributed by atoms with Crippen molar-refractivity contribution in [1.29, 1.82) is 0 Å². The lowest BCUT2D eigenvalue weighted by Crippen LogP contribution is -2.53. The van der Waals surface area contributed by atoms with Gasteiger partial charge in [-0.15, -0.1) is 0 Å². The van der Waals surface area contributed by atoms with E-state index in [1.54, 1.807) is 31.1 Å². The summed E-state index contributed by atoms with van der Waals surface area (Å²) in [4.78, 5) is 29.6. The molecule has 8 heteroatoms. The third-order valence-corrected chi connectivity index (χ3v) is 4.82. The number of benzene rings is 1. The summed E-state index contributed by atoms with van der Waals surface area (Å²) in [7, 11) is 5.63. The van der Waals surface area contributed by atoms with Crippen LogP contribution in [-0.4, -0.2) is 70.7 Å². The maximum atomic E-state index is 13.3. The van der Waals surface area contributed by atoms with Gasteiger partial charge in [-0.1, -0.05) is 18.2 Å². The quantitative estimate of drug-likeness (QED) is 0.827. The minimum absolute atomic E-state index is 0.119. The number of aromatic nitrogens is 2. The van der Waals surface area contributed by atoms with Crippen molar-refractivity contribution in [1.82, 2.24) is 24.9 Å². The Bertz CT molecular complexity index is 848. The van der Waals surface area contributed by atoms with Crippen LogP contribution in [0.1, 0.15) is 23.0 Å². The number of hydrogen-bond donors (Lipinski definition) is 1. The molecule has 1 aromatic heterocycles. The van der Waals surface area contributed by atoms with Gasteiger partial charge in [0, 0.05) is 31.9 Å². The van der Waals surface area contributed by atoms with Crippen molar-refractivity contribution in [2.45, 2.75) is 25.6 Å². The molecule has 28 heavy (non-hydrogen) atoms. The van der Waals surface area contributed by atoms with Gasteiger partial charge in [0.15, 0.2) is 0 Å². The minimum Gasteiger partial charge on any atom is -0.491 e. The molecule has 0 radical (unpaired) electrons. The van der Waals surface area contributed by atoms with Gasteiger partial charge in [0.05, 0.1) is 6.04 Å². The molecule has 0 aliphatic carbocycles. The van der Waals surface area contributed by atoms with E-state index in [4.69, 9.17) is 4.74 Å². The van der Waals surface area contributed by atoms with E-state index in [1.165, 1.54) is 4.68 Å². The van der Waals surface area contributed by atoms with Crippen LogP contribution in [0.4, 0.5) is 0 Å². The summed E-state index contributed by atoms with van der Waals surface area (Å²) in [5.74, 6) is 0.340. The van der Waals surface area contributed by atoms with Crippen molar-refractivity contribution in [2.75, 3.05) is 27.2 Å². The van der Waals surface area contributed by atoms with E-state index < -0.39 is 6.04 Å². The second-order valence-corrected chi connectivity index (χ2v) is 7.34. The number of likely N-dealkylation sites (N-methyl/N-ethyl adjacent to an activating group) is 1. The Kier molecular flexibility index (Phi) is 5.99. The highest BCUT2D eigenvalue weighted by Crippen LogP contribution is 2.25. The second kappa shape index (κ2) is 8.43. The molecule has 2 unspecified atom stereocenters. The Labute approximate surface area is 165 Å². The summed E-state index contributed by atoms with van der Waals surface area (Å²) in [6, 6.07) is 8.58. The van der Waals surface area contributed by atoms with Crippen LogP contribution in [0.2, 0.25) is 0 Å². The first-order valence-corrected chi connectivity index (χ1v) is 9.31. The number of ether oxygens (including phenoxy) is 1. The van der Waals surface area contributed by atoms with Gasteiger partial charge in [-0.25, -0.2) is 0 Å². The number of amides is 2. The smallest absolute Gasteiger partial charge is 0.270 e. The van der Waals surface area contributed by atoms with Crippen LogP contribution >= 0.6 is 0 Å². The summed E-state index contributed by atoms with van der Waals surface area (Å²) < 4.78 is 7.44. The van der Waals surface area contributed by atoms with E-state index in [0.29, 0.717) is 25.4 Å². The van der Waals surface area contributed by atoms with Gasteiger partial charge in [0.2, 0.25) is 5.91 Å².